The van der Waals surface area contributed by atoms with E-state index >= 15 is 0 Å². The Balaban J connectivity index is 0.940. The number of nitrogens with two attached hydrogens (primary N) is 1. The fraction of sp³-hybridized carbons (Fsp3) is 0.297. The van der Waals surface area contributed by atoms with Crippen LogP contribution >= 0.6 is 0 Å². The van der Waals surface area contributed by atoms with Crippen LogP contribution in [0.2, 0.25) is 0 Å². The molecule has 0 unspecified atom stereocenters. The highest BCUT2D eigenvalue weighted by Gasteiger charge is 2.29. The summed E-state index contributed by atoms with van der Waals surface area (Å²) in [6, 6.07) is 22.3. The van der Waals surface area contributed by atoms with Gasteiger partial charge >= 0.3 is 6.09 Å². The zero-order valence-electron chi connectivity index (χ0n) is 27.3. The maximum atomic E-state index is 13.1. The number of anilines is 1. The third kappa shape index (κ3) is 7.02. The van der Waals surface area contributed by atoms with Gasteiger partial charge in [0.2, 0.25) is 0 Å². The second-order valence-corrected chi connectivity index (χ2v) is 12.8. The number of hydrogen-bond acceptors (Lipinski definition) is 8. The van der Waals surface area contributed by atoms with Crippen molar-refractivity contribution in [2.45, 2.75) is 19.0 Å². The fourth-order valence-corrected chi connectivity index (χ4v) is 6.39. The zero-order chi connectivity index (χ0) is 33.2. The number of pyridine rings is 1. The van der Waals surface area contributed by atoms with Crippen LogP contribution in [0.25, 0.3) is 33.0 Å². The summed E-state index contributed by atoms with van der Waals surface area (Å²) in [6.45, 7) is 6.24. The van der Waals surface area contributed by atoms with Gasteiger partial charge in [0, 0.05) is 82.4 Å². The SMILES string of the molecule is CN1CCN(Cc2ccc(-c3ccc4cc(OC(=O)N5CC[C@@H](NC(=O)c6cc(-c7cnn(C)c7)cnc6N)C5)ccc4c3)cc2)CC1. The minimum Gasteiger partial charge on any atom is -0.410 e. The van der Waals surface area contributed by atoms with Crippen LogP contribution in [-0.2, 0) is 13.6 Å². The van der Waals surface area contributed by atoms with E-state index in [1.165, 1.54) is 11.1 Å². The van der Waals surface area contributed by atoms with E-state index in [0.29, 0.717) is 25.3 Å². The predicted molar refractivity (Wildman–Crippen MR) is 186 cm³/mol. The van der Waals surface area contributed by atoms with Crippen molar-refractivity contribution >= 4 is 28.6 Å². The van der Waals surface area contributed by atoms with Gasteiger partial charge in [0.05, 0.1) is 11.8 Å². The number of nitrogens with zero attached hydrogens (tertiary/aromatic N) is 6. The predicted octanol–water partition coefficient (Wildman–Crippen LogP) is 4.64. The maximum absolute atomic E-state index is 13.1. The summed E-state index contributed by atoms with van der Waals surface area (Å²) in [5, 5.41) is 9.24. The Morgan fingerprint density at radius 2 is 1.60 bits per heavy atom. The summed E-state index contributed by atoms with van der Waals surface area (Å²) in [6.07, 6.45) is 5.33. The topological polar surface area (TPSA) is 122 Å². The number of carbonyl (C=O) groups is 2. The number of likely N-dealkylation sites (tertiary alicyclic amines) is 1. The average Bonchev–Trinajstić information content (AvgIpc) is 3.75. The van der Waals surface area contributed by atoms with Gasteiger partial charge in [-0.25, -0.2) is 9.78 Å². The summed E-state index contributed by atoms with van der Waals surface area (Å²) in [5.74, 6) is 0.293. The van der Waals surface area contributed by atoms with Crippen LogP contribution in [0.5, 0.6) is 5.75 Å². The molecule has 0 saturated carbocycles. The summed E-state index contributed by atoms with van der Waals surface area (Å²) in [7, 11) is 4.00. The highest BCUT2D eigenvalue weighted by atomic mass is 16.6. The number of rotatable bonds is 7. The fourth-order valence-electron chi connectivity index (χ4n) is 6.39. The molecule has 2 aromatic heterocycles. The molecule has 1 atom stereocenters. The lowest BCUT2D eigenvalue weighted by atomic mass is 10.00. The van der Waals surface area contributed by atoms with E-state index in [4.69, 9.17) is 10.5 Å². The number of fused-ring (bicyclic) bond motifs is 1. The normalized spacial score (nSPS) is 17.1. The first-order chi connectivity index (χ1) is 23.3. The highest BCUT2D eigenvalue weighted by Crippen LogP contribution is 2.28. The van der Waals surface area contributed by atoms with Crippen LogP contribution in [-0.4, -0.2) is 93.8 Å². The Bertz CT molecular complexity index is 1950. The van der Waals surface area contributed by atoms with Crippen molar-refractivity contribution < 1.29 is 14.3 Å². The van der Waals surface area contributed by atoms with Crippen LogP contribution in [0, 0.1) is 0 Å². The minimum absolute atomic E-state index is 0.146. The van der Waals surface area contributed by atoms with E-state index < -0.39 is 6.09 Å². The molecule has 2 fully saturated rings. The lowest BCUT2D eigenvalue weighted by Crippen LogP contribution is -2.43. The van der Waals surface area contributed by atoms with Gasteiger partial charge < -0.3 is 25.6 Å². The molecule has 5 aromatic rings. The first kappa shape index (κ1) is 31.3. The van der Waals surface area contributed by atoms with E-state index in [-0.39, 0.29) is 23.3 Å². The molecule has 3 N–H and O–H groups in total. The quantitative estimate of drug-likeness (QED) is 0.263. The Morgan fingerprint density at radius 3 is 2.38 bits per heavy atom. The van der Waals surface area contributed by atoms with Crippen molar-refractivity contribution in [3.8, 4) is 28.0 Å². The molecule has 2 aliphatic rings. The largest absolute Gasteiger partial charge is 0.415 e. The van der Waals surface area contributed by atoms with Gasteiger partial charge in [-0.15, -0.1) is 0 Å². The van der Waals surface area contributed by atoms with Crippen LogP contribution < -0.4 is 15.8 Å². The zero-order valence-corrected chi connectivity index (χ0v) is 27.3. The van der Waals surface area contributed by atoms with E-state index in [1.807, 2.05) is 31.4 Å². The molecule has 7 rings (SSSR count). The molecule has 4 heterocycles. The standard InChI is InChI=1S/C37H40N8O3/c1-42-13-15-44(16-14-42)22-25-3-5-26(6-4-25)27-7-8-29-18-33(10-9-28(29)17-27)48-37(47)45-12-11-32(24-45)41-36(46)34-19-30(20-39-35(34)38)31-21-40-43(2)23-31/h3-10,17-21,23,32H,11-16,22,24H2,1-2H3,(H2,38,39)(H,41,46)/t32-/m1/s1. The Hall–Kier alpha value is -5.26. The van der Waals surface area contributed by atoms with Gasteiger partial charge in [-0.1, -0.05) is 42.5 Å². The number of likely N-dealkylation sites (N-methyl/N-ethyl adjacent to an activating group) is 1. The Morgan fingerprint density at radius 1 is 0.854 bits per heavy atom. The third-order valence-electron chi connectivity index (χ3n) is 9.29. The monoisotopic (exact) mass is 644 g/mol. The summed E-state index contributed by atoms with van der Waals surface area (Å²) in [4.78, 5) is 36.9. The molecule has 246 valence electrons. The molecule has 2 aliphatic heterocycles. The van der Waals surface area contributed by atoms with Crippen molar-refractivity contribution in [2.75, 3.05) is 52.0 Å². The number of benzene rings is 3. The van der Waals surface area contributed by atoms with E-state index in [1.54, 1.807) is 28.0 Å². The van der Waals surface area contributed by atoms with Crippen molar-refractivity contribution in [1.29, 1.82) is 0 Å². The number of nitrogen functional groups attached to an aromatic ring is 1. The number of aryl methyl sites for hydroxylation is 1. The van der Waals surface area contributed by atoms with Crippen molar-refractivity contribution in [2.24, 2.45) is 7.05 Å². The maximum Gasteiger partial charge on any atom is 0.415 e. The number of aromatic nitrogens is 3. The summed E-state index contributed by atoms with van der Waals surface area (Å²) < 4.78 is 7.44. The molecular formula is C37H40N8O3. The molecule has 11 nitrogen and oxygen atoms in total. The third-order valence-corrected chi connectivity index (χ3v) is 9.29. The molecule has 2 saturated heterocycles. The van der Waals surface area contributed by atoms with Crippen LogP contribution in [0.4, 0.5) is 10.6 Å². The van der Waals surface area contributed by atoms with Gasteiger partial charge in [-0.3, -0.25) is 14.4 Å². The van der Waals surface area contributed by atoms with E-state index in [2.05, 4.69) is 74.7 Å². The first-order valence-electron chi connectivity index (χ1n) is 16.3. The van der Waals surface area contributed by atoms with E-state index in [9.17, 15) is 9.59 Å². The first-order valence-corrected chi connectivity index (χ1v) is 16.3. The molecule has 0 bridgehead atoms. The summed E-state index contributed by atoms with van der Waals surface area (Å²) in [5.41, 5.74) is 11.6. The molecule has 11 heteroatoms. The number of hydrogen-bond donors (Lipinski definition) is 2. The van der Waals surface area contributed by atoms with Gasteiger partial charge in [0.1, 0.15) is 11.6 Å². The molecule has 0 radical (unpaired) electrons. The molecule has 48 heavy (non-hydrogen) atoms. The van der Waals surface area contributed by atoms with Gasteiger partial charge in [-0.2, -0.15) is 5.10 Å². The van der Waals surface area contributed by atoms with Crippen molar-refractivity contribution in [3.63, 3.8) is 0 Å². The molecule has 3 aromatic carbocycles. The lowest BCUT2D eigenvalue weighted by Gasteiger charge is -2.32. The number of amides is 2. The van der Waals surface area contributed by atoms with Crippen LogP contribution in [0.15, 0.2) is 85.3 Å². The average molecular weight is 645 g/mol. The van der Waals surface area contributed by atoms with Crippen molar-refractivity contribution in [1.82, 2.24) is 34.8 Å². The molecule has 2 amide bonds. The van der Waals surface area contributed by atoms with Gasteiger partial charge in [-0.05, 0) is 65.2 Å². The second-order valence-electron chi connectivity index (χ2n) is 12.8. The number of piperazine rings is 1. The molecule has 0 aliphatic carbocycles. The van der Waals surface area contributed by atoms with E-state index in [0.717, 1.165) is 60.2 Å². The Labute approximate surface area is 279 Å². The number of nitrogens with one attached hydrogen (secondary N) is 1. The Kier molecular flexibility index (Phi) is 8.79. The second kappa shape index (κ2) is 13.5. The molecular weight excluding hydrogens is 604 g/mol. The highest BCUT2D eigenvalue weighted by molar-refractivity contribution is 5.99. The lowest BCUT2D eigenvalue weighted by molar-refractivity contribution is 0.0937. The van der Waals surface area contributed by atoms with Gasteiger partial charge in [0.25, 0.3) is 5.91 Å². The summed E-state index contributed by atoms with van der Waals surface area (Å²) >= 11 is 0. The smallest absolute Gasteiger partial charge is 0.410 e. The van der Waals surface area contributed by atoms with Crippen LogP contribution in [0.1, 0.15) is 22.3 Å². The van der Waals surface area contributed by atoms with Gasteiger partial charge in [0.15, 0.2) is 0 Å². The number of ether oxygens (including phenoxy) is 1. The van der Waals surface area contributed by atoms with Crippen molar-refractivity contribution in [3.05, 3.63) is 96.4 Å². The number of carbonyl (C=O) groups excluding carboxylic acids is 2. The minimum atomic E-state index is -0.445. The molecule has 0 spiro atoms. The van der Waals surface area contributed by atoms with Crippen LogP contribution in [0.3, 0.4) is 0 Å².